The van der Waals surface area contributed by atoms with Crippen molar-refractivity contribution in [2.45, 2.75) is 51.2 Å². The van der Waals surface area contributed by atoms with Crippen LogP contribution in [0.4, 0.5) is 0 Å². The molecule has 3 unspecified atom stereocenters. The van der Waals surface area contributed by atoms with E-state index >= 15 is 0 Å². The predicted octanol–water partition coefficient (Wildman–Crippen LogP) is 2.22. The van der Waals surface area contributed by atoms with Gasteiger partial charge in [0.25, 0.3) is 0 Å². The lowest BCUT2D eigenvalue weighted by molar-refractivity contribution is -0.0196. The van der Waals surface area contributed by atoms with Gasteiger partial charge in [0.1, 0.15) is 0 Å². The van der Waals surface area contributed by atoms with E-state index in [0.29, 0.717) is 25.4 Å². The van der Waals surface area contributed by atoms with Gasteiger partial charge >= 0.3 is 0 Å². The zero-order valence-electron chi connectivity index (χ0n) is 12.8. The Morgan fingerprint density at radius 1 is 1.11 bits per heavy atom. The third-order valence-corrected chi connectivity index (χ3v) is 4.05. The van der Waals surface area contributed by atoms with E-state index in [0.717, 1.165) is 25.6 Å². The van der Waals surface area contributed by atoms with Crippen molar-refractivity contribution in [1.29, 1.82) is 0 Å². The Kier molecular flexibility index (Phi) is 9.43. The number of nitrogens with one attached hydrogen (secondary N) is 1. The van der Waals surface area contributed by atoms with Crippen LogP contribution in [0, 0.1) is 5.92 Å². The van der Waals surface area contributed by atoms with Crippen LogP contribution in [0.1, 0.15) is 39.0 Å². The predicted molar refractivity (Wildman–Crippen MR) is 77.5 cm³/mol. The number of hydrogen-bond donors (Lipinski definition) is 1. The molecule has 1 saturated carbocycles. The molecule has 0 aliphatic heterocycles. The van der Waals surface area contributed by atoms with Crippen LogP contribution in [0.5, 0.6) is 0 Å². The van der Waals surface area contributed by atoms with E-state index in [1.165, 1.54) is 25.7 Å². The summed E-state index contributed by atoms with van der Waals surface area (Å²) < 4.78 is 16.4. The minimum atomic E-state index is 0.377. The highest BCUT2D eigenvalue weighted by molar-refractivity contribution is 4.84. The van der Waals surface area contributed by atoms with Gasteiger partial charge in [0.2, 0.25) is 0 Å². The van der Waals surface area contributed by atoms with Gasteiger partial charge in [-0.1, -0.05) is 13.3 Å². The lowest BCUT2D eigenvalue weighted by Crippen LogP contribution is -2.44. The summed E-state index contributed by atoms with van der Waals surface area (Å²) in [6.07, 6.45) is 6.39. The molecule has 114 valence electrons. The van der Waals surface area contributed by atoms with Crippen LogP contribution < -0.4 is 5.32 Å². The van der Waals surface area contributed by atoms with Gasteiger partial charge in [-0.3, -0.25) is 0 Å². The summed E-state index contributed by atoms with van der Waals surface area (Å²) >= 11 is 0. The molecule has 0 aromatic carbocycles. The second-order valence-corrected chi connectivity index (χ2v) is 5.35. The van der Waals surface area contributed by atoms with E-state index in [2.05, 4.69) is 12.2 Å². The van der Waals surface area contributed by atoms with Crippen LogP contribution in [-0.2, 0) is 14.2 Å². The molecule has 0 spiro atoms. The van der Waals surface area contributed by atoms with Gasteiger partial charge in [0, 0.05) is 26.4 Å². The van der Waals surface area contributed by atoms with E-state index in [1.54, 1.807) is 7.11 Å². The van der Waals surface area contributed by atoms with Gasteiger partial charge in [0.05, 0.1) is 19.3 Å². The molecule has 1 aliphatic carbocycles. The maximum absolute atomic E-state index is 6.05. The second-order valence-electron chi connectivity index (χ2n) is 5.35. The summed E-state index contributed by atoms with van der Waals surface area (Å²) in [5.74, 6) is 0.840. The lowest BCUT2D eigenvalue weighted by Gasteiger charge is -2.35. The normalized spacial score (nSPS) is 27.6. The van der Waals surface area contributed by atoms with E-state index in [1.807, 2.05) is 7.05 Å². The molecule has 0 aromatic heterocycles. The first kappa shape index (κ1) is 16.9. The summed E-state index contributed by atoms with van der Waals surface area (Å²) in [4.78, 5) is 0. The van der Waals surface area contributed by atoms with Crippen molar-refractivity contribution in [2.75, 3.05) is 40.6 Å². The SMILES string of the molecule is CCC1CCC(NC)C(OCCCOCCOC)C1. The minimum Gasteiger partial charge on any atom is -0.382 e. The molecule has 1 rings (SSSR count). The van der Waals surface area contributed by atoms with Crippen LogP contribution in [0.3, 0.4) is 0 Å². The van der Waals surface area contributed by atoms with Crippen LogP contribution >= 0.6 is 0 Å². The van der Waals surface area contributed by atoms with Crippen LogP contribution in [-0.4, -0.2) is 52.7 Å². The Morgan fingerprint density at radius 3 is 2.63 bits per heavy atom. The maximum Gasteiger partial charge on any atom is 0.0730 e. The molecule has 0 aromatic rings. The molecule has 1 N–H and O–H groups in total. The van der Waals surface area contributed by atoms with Crippen molar-refractivity contribution in [3.8, 4) is 0 Å². The zero-order valence-corrected chi connectivity index (χ0v) is 12.8. The first-order chi connectivity index (χ1) is 9.31. The number of likely N-dealkylation sites (N-methyl/N-ethyl adjacent to an activating group) is 1. The molecule has 4 heteroatoms. The number of methoxy groups -OCH3 is 1. The summed E-state index contributed by atoms with van der Waals surface area (Å²) in [6.45, 7) is 5.19. The summed E-state index contributed by atoms with van der Waals surface area (Å²) in [6, 6.07) is 0.525. The molecule has 0 bridgehead atoms. The molecule has 0 heterocycles. The number of rotatable bonds is 10. The van der Waals surface area contributed by atoms with Gasteiger partial charge in [-0.25, -0.2) is 0 Å². The Morgan fingerprint density at radius 2 is 1.95 bits per heavy atom. The quantitative estimate of drug-likeness (QED) is 0.620. The van der Waals surface area contributed by atoms with E-state index in [4.69, 9.17) is 14.2 Å². The second kappa shape index (κ2) is 10.6. The first-order valence-electron chi connectivity index (χ1n) is 7.67. The highest BCUT2D eigenvalue weighted by Gasteiger charge is 2.29. The fourth-order valence-corrected chi connectivity index (χ4v) is 2.74. The molecular formula is C15H31NO3. The van der Waals surface area contributed by atoms with Crippen molar-refractivity contribution < 1.29 is 14.2 Å². The fraction of sp³-hybridized carbons (Fsp3) is 1.00. The topological polar surface area (TPSA) is 39.7 Å². The van der Waals surface area contributed by atoms with Crippen LogP contribution in [0.25, 0.3) is 0 Å². The number of ether oxygens (including phenoxy) is 3. The van der Waals surface area contributed by atoms with Crippen molar-refractivity contribution >= 4 is 0 Å². The average Bonchev–Trinajstić information content (AvgIpc) is 2.46. The third kappa shape index (κ3) is 6.70. The zero-order chi connectivity index (χ0) is 13.9. The van der Waals surface area contributed by atoms with E-state index in [9.17, 15) is 0 Å². The van der Waals surface area contributed by atoms with Crippen LogP contribution in [0.15, 0.2) is 0 Å². The Labute approximate surface area is 118 Å². The average molecular weight is 273 g/mol. The molecule has 19 heavy (non-hydrogen) atoms. The highest BCUT2D eigenvalue weighted by Crippen LogP contribution is 2.28. The summed E-state index contributed by atoms with van der Waals surface area (Å²) in [5, 5.41) is 3.39. The smallest absolute Gasteiger partial charge is 0.0730 e. The van der Waals surface area contributed by atoms with Gasteiger partial charge in [-0.2, -0.15) is 0 Å². The van der Waals surface area contributed by atoms with Gasteiger partial charge in [0.15, 0.2) is 0 Å². The molecule has 4 nitrogen and oxygen atoms in total. The Bertz CT molecular complexity index is 214. The van der Waals surface area contributed by atoms with Crippen molar-refractivity contribution in [2.24, 2.45) is 5.92 Å². The van der Waals surface area contributed by atoms with Crippen LogP contribution in [0.2, 0.25) is 0 Å². The van der Waals surface area contributed by atoms with E-state index < -0.39 is 0 Å². The van der Waals surface area contributed by atoms with Gasteiger partial charge < -0.3 is 19.5 Å². The lowest BCUT2D eigenvalue weighted by atomic mass is 9.82. The monoisotopic (exact) mass is 273 g/mol. The van der Waals surface area contributed by atoms with Crippen molar-refractivity contribution in [3.05, 3.63) is 0 Å². The molecule has 0 radical (unpaired) electrons. The summed E-state index contributed by atoms with van der Waals surface area (Å²) in [5.41, 5.74) is 0. The Hall–Kier alpha value is -0.160. The van der Waals surface area contributed by atoms with E-state index in [-0.39, 0.29) is 0 Å². The first-order valence-corrected chi connectivity index (χ1v) is 7.67. The summed E-state index contributed by atoms with van der Waals surface area (Å²) in [7, 11) is 3.73. The molecule has 0 saturated heterocycles. The van der Waals surface area contributed by atoms with Gasteiger partial charge in [-0.05, 0) is 38.6 Å². The fourth-order valence-electron chi connectivity index (χ4n) is 2.74. The van der Waals surface area contributed by atoms with Gasteiger partial charge in [-0.15, -0.1) is 0 Å². The largest absolute Gasteiger partial charge is 0.382 e. The Balaban J connectivity index is 2.11. The third-order valence-electron chi connectivity index (χ3n) is 4.05. The van der Waals surface area contributed by atoms with Crippen molar-refractivity contribution in [1.82, 2.24) is 5.32 Å². The highest BCUT2D eigenvalue weighted by atomic mass is 16.5. The molecule has 1 fully saturated rings. The maximum atomic E-state index is 6.05. The minimum absolute atomic E-state index is 0.377. The molecule has 0 amide bonds. The number of hydrogen-bond acceptors (Lipinski definition) is 4. The standard InChI is InChI=1S/C15H31NO3/c1-4-13-6-7-14(16-2)15(12-13)19-9-5-8-18-11-10-17-3/h13-16H,4-12H2,1-3H3. The molecule has 1 aliphatic rings. The molecule has 3 atom stereocenters. The van der Waals surface area contributed by atoms with Crippen molar-refractivity contribution in [3.63, 3.8) is 0 Å². The molecular weight excluding hydrogens is 242 g/mol.